The Kier molecular flexibility index (Phi) is 5.51. The molecule has 0 aliphatic carbocycles. The number of hydrogen-bond donors (Lipinski definition) is 3. The average Bonchev–Trinajstić information content (AvgIpc) is 2.85. The van der Waals surface area contributed by atoms with Crippen LogP contribution in [0.1, 0.15) is 15.4 Å². The molecule has 12 heteroatoms. The molecule has 10 nitrogen and oxygen atoms in total. The molecule has 0 saturated heterocycles. The fourth-order valence-corrected chi connectivity index (χ4v) is 3.21. The summed E-state index contributed by atoms with van der Waals surface area (Å²) in [7, 11) is 3.26. The average molecular weight is 370 g/mol. The fourth-order valence-electron chi connectivity index (χ4n) is 1.58. The molecule has 0 fully saturated rings. The summed E-state index contributed by atoms with van der Waals surface area (Å²) in [6.45, 7) is 1.68. The molecule has 2 amide bonds. The molecule has 2 aromatic heterocycles. The molecular weight excluding hydrogens is 356 g/mol. The summed E-state index contributed by atoms with van der Waals surface area (Å²) in [5.41, 5.74) is -0.856. The van der Waals surface area contributed by atoms with E-state index in [0.29, 0.717) is 15.7 Å². The number of H-pyrrole nitrogens is 2. The molecule has 3 N–H and O–H groups in total. The summed E-state index contributed by atoms with van der Waals surface area (Å²) >= 11 is 1.95. The summed E-state index contributed by atoms with van der Waals surface area (Å²) in [4.78, 5) is 54.2. The second-order valence-electron chi connectivity index (χ2n) is 4.78. The van der Waals surface area contributed by atoms with E-state index in [1.54, 1.807) is 21.0 Å². The maximum Gasteiger partial charge on any atom is 0.342 e. The van der Waals surface area contributed by atoms with Crippen LogP contribution in [-0.2, 0) is 4.79 Å². The lowest BCUT2D eigenvalue weighted by Crippen LogP contribution is -2.25. The third-order valence-corrected chi connectivity index (χ3v) is 4.68. The van der Waals surface area contributed by atoms with Gasteiger partial charge in [0.05, 0.1) is 11.4 Å². The van der Waals surface area contributed by atoms with Crippen LogP contribution in [-0.4, -0.2) is 56.7 Å². The number of aromatic nitrogens is 4. The zero-order valence-corrected chi connectivity index (χ0v) is 14.6. The Hall–Kier alpha value is -2.47. The number of aromatic amines is 2. The van der Waals surface area contributed by atoms with E-state index in [0.717, 1.165) is 23.1 Å². The van der Waals surface area contributed by atoms with Crippen molar-refractivity contribution >= 4 is 40.0 Å². The summed E-state index contributed by atoms with van der Waals surface area (Å²) in [6, 6.07) is 0. The van der Waals surface area contributed by atoms with Crippen LogP contribution in [0.25, 0.3) is 0 Å². The lowest BCUT2D eigenvalue weighted by atomic mass is 10.3. The van der Waals surface area contributed by atoms with Gasteiger partial charge in [0.25, 0.3) is 11.5 Å². The summed E-state index contributed by atoms with van der Waals surface area (Å²) in [5.74, 6) is -0.702. The Morgan fingerprint density at radius 3 is 2.67 bits per heavy atom. The number of aryl methyl sites for hydroxylation is 1. The second kappa shape index (κ2) is 7.40. The van der Waals surface area contributed by atoms with Gasteiger partial charge in [0.2, 0.25) is 5.91 Å². The van der Waals surface area contributed by atoms with Gasteiger partial charge in [-0.05, 0) is 6.92 Å². The highest BCUT2D eigenvalue weighted by atomic mass is 32.2. The van der Waals surface area contributed by atoms with Crippen molar-refractivity contribution < 1.29 is 9.59 Å². The lowest BCUT2D eigenvalue weighted by molar-refractivity contribution is -0.113. The number of anilines is 1. The first-order valence-corrected chi connectivity index (χ1v) is 8.39. The predicted octanol–water partition coefficient (Wildman–Crippen LogP) is -0.344. The van der Waals surface area contributed by atoms with Gasteiger partial charge in [0.1, 0.15) is 4.88 Å². The molecule has 2 heterocycles. The quantitative estimate of drug-likeness (QED) is 0.611. The maximum absolute atomic E-state index is 11.9. The zero-order valence-electron chi connectivity index (χ0n) is 13.0. The van der Waals surface area contributed by atoms with Crippen molar-refractivity contribution in [2.24, 2.45) is 0 Å². The van der Waals surface area contributed by atoms with Crippen LogP contribution in [0, 0.1) is 6.92 Å². The van der Waals surface area contributed by atoms with E-state index in [1.165, 1.54) is 4.90 Å². The normalized spacial score (nSPS) is 10.5. The van der Waals surface area contributed by atoms with Gasteiger partial charge in [-0.1, -0.05) is 23.1 Å². The highest BCUT2D eigenvalue weighted by Crippen LogP contribution is 2.23. The number of carbonyl (C=O) groups excluding carboxylic acids is 2. The van der Waals surface area contributed by atoms with E-state index in [-0.39, 0.29) is 16.7 Å². The van der Waals surface area contributed by atoms with Crippen LogP contribution in [0.3, 0.4) is 0 Å². The topological polar surface area (TPSA) is 141 Å². The molecule has 128 valence electrons. The van der Waals surface area contributed by atoms with Crippen molar-refractivity contribution in [1.29, 1.82) is 0 Å². The van der Waals surface area contributed by atoms with Crippen LogP contribution < -0.4 is 16.6 Å². The summed E-state index contributed by atoms with van der Waals surface area (Å²) in [6.07, 6.45) is 0. The van der Waals surface area contributed by atoms with Gasteiger partial charge >= 0.3 is 5.69 Å². The second-order valence-corrected chi connectivity index (χ2v) is 6.75. The van der Waals surface area contributed by atoms with Gasteiger partial charge in [-0.2, -0.15) is 5.10 Å². The Balaban J connectivity index is 2.00. The Morgan fingerprint density at radius 2 is 2.04 bits per heavy atom. The molecule has 0 unspecified atom stereocenters. The van der Waals surface area contributed by atoms with E-state index in [1.807, 2.05) is 4.98 Å². The monoisotopic (exact) mass is 370 g/mol. The van der Waals surface area contributed by atoms with Crippen LogP contribution in [0.4, 0.5) is 5.13 Å². The lowest BCUT2D eigenvalue weighted by Gasteiger charge is -2.07. The van der Waals surface area contributed by atoms with E-state index in [2.05, 4.69) is 20.5 Å². The van der Waals surface area contributed by atoms with E-state index in [4.69, 9.17) is 0 Å². The third-order valence-electron chi connectivity index (χ3n) is 2.66. The molecule has 2 rings (SSSR count). The number of thioether (sulfide) groups is 1. The van der Waals surface area contributed by atoms with E-state index >= 15 is 0 Å². The van der Waals surface area contributed by atoms with Gasteiger partial charge < -0.3 is 10.2 Å². The minimum Gasteiger partial charge on any atom is -0.344 e. The molecule has 0 atom stereocenters. The van der Waals surface area contributed by atoms with Crippen LogP contribution in [0.15, 0.2) is 14.6 Å². The van der Waals surface area contributed by atoms with Crippen molar-refractivity contribution in [1.82, 2.24) is 25.1 Å². The van der Waals surface area contributed by atoms with E-state index < -0.39 is 17.2 Å². The van der Waals surface area contributed by atoms with Crippen LogP contribution >= 0.6 is 23.1 Å². The van der Waals surface area contributed by atoms with Crippen molar-refractivity contribution in [3.8, 4) is 0 Å². The largest absolute Gasteiger partial charge is 0.344 e. The number of thiazole rings is 1. The first kappa shape index (κ1) is 17.9. The molecule has 0 radical (unpaired) electrons. The zero-order chi connectivity index (χ0) is 17.9. The van der Waals surface area contributed by atoms with Crippen LogP contribution in [0.2, 0.25) is 0 Å². The SMILES string of the molecule is Cc1nc(NC(=O)CSc2n[nH]c(=O)[nH]c2=O)sc1C(=O)N(C)C. The standard InChI is InChI=1S/C12H14N6O4S2/c1-5-7(10(21)18(2)3)24-12(13-5)14-6(19)4-23-9-8(20)15-11(22)17-16-9/h4H2,1-3H3,(H,13,14,19)(H2,15,17,20,22). The minimum absolute atomic E-state index is 0.0245. The smallest absolute Gasteiger partial charge is 0.342 e. The molecule has 0 aliphatic heterocycles. The maximum atomic E-state index is 11.9. The summed E-state index contributed by atoms with van der Waals surface area (Å²) in [5, 5.41) is 8.47. The van der Waals surface area contributed by atoms with Gasteiger partial charge in [-0.3, -0.25) is 19.4 Å². The fraction of sp³-hybridized carbons (Fsp3) is 0.333. The van der Waals surface area contributed by atoms with Crippen molar-refractivity contribution in [2.75, 3.05) is 25.2 Å². The molecule has 2 aromatic rings. The Labute approximate surface area is 143 Å². The van der Waals surface area contributed by atoms with Crippen molar-refractivity contribution in [3.05, 3.63) is 31.4 Å². The van der Waals surface area contributed by atoms with Gasteiger partial charge in [-0.25, -0.2) is 14.9 Å². The molecule has 0 saturated carbocycles. The number of nitrogens with one attached hydrogen (secondary N) is 3. The molecular formula is C12H14N6O4S2. The number of hydrogen-bond acceptors (Lipinski definition) is 8. The third kappa shape index (κ3) is 4.29. The van der Waals surface area contributed by atoms with E-state index in [9.17, 15) is 19.2 Å². The van der Waals surface area contributed by atoms with Crippen molar-refractivity contribution in [2.45, 2.75) is 11.9 Å². The highest BCUT2D eigenvalue weighted by molar-refractivity contribution is 7.99. The van der Waals surface area contributed by atoms with Gasteiger partial charge in [0.15, 0.2) is 10.2 Å². The van der Waals surface area contributed by atoms with Gasteiger partial charge in [-0.15, -0.1) is 0 Å². The van der Waals surface area contributed by atoms with Crippen LogP contribution in [0.5, 0.6) is 0 Å². The number of rotatable bonds is 5. The first-order valence-electron chi connectivity index (χ1n) is 6.58. The summed E-state index contributed by atoms with van der Waals surface area (Å²) < 4.78 is 0. The number of nitrogens with zero attached hydrogens (tertiary/aromatic N) is 3. The van der Waals surface area contributed by atoms with Gasteiger partial charge in [0, 0.05) is 14.1 Å². The number of carbonyl (C=O) groups is 2. The highest BCUT2D eigenvalue weighted by Gasteiger charge is 2.18. The molecule has 0 spiro atoms. The Morgan fingerprint density at radius 1 is 1.33 bits per heavy atom. The molecule has 24 heavy (non-hydrogen) atoms. The molecule has 0 bridgehead atoms. The number of amides is 2. The van der Waals surface area contributed by atoms with Crippen molar-refractivity contribution in [3.63, 3.8) is 0 Å². The first-order chi connectivity index (χ1) is 11.3. The Bertz CT molecular complexity index is 884. The predicted molar refractivity (Wildman–Crippen MR) is 89.7 cm³/mol. The molecule has 0 aromatic carbocycles. The minimum atomic E-state index is -0.717. The molecule has 0 aliphatic rings.